The molecule has 2 amide bonds. The molecule has 1 aromatic heterocycles. The molecule has 1 heterocycles. The predicted octanol–water partition coefficient (Wildman–Crippen LogP) is 0.894. The summed E-state index contributed by atoms with van der Waals surface area (Å²) in [5.74, 6) is -0.546. The number of unbranched alkanes of at least 4 members (excludes halogenated alkanes) is 4. The molecule has 0 aliphatic rings. The van der Waals surface area contributed by atoms with Crippen molar-refractivity contribution >= 4 is 28.7 Å². The molecule has 0 saturated carbocycles. The second-order valence-electron chi connectivity index (χ2n) is 7.63. The molecule has 0 unspecified atom stereocenters. The fraction of sp³-hybridized carbons (Fsp3) is 0.440. The van der Waals surface area contributed by atoms with E-state index in [1.54, 1.807) is 24.3 Å². The number of nitrogens with one attached hydrogen (secondary N) is 2. The number of aryl methyl sites for hydroxylation is 1. The second-order valence-corrected chi connectivity index (χ2v) is 8.73. The fourth-order valence-corrected chi connectivity index (χ4v) is 4.07. The number of aromatic nitrogens is 1. The van der Waals surface area contributed by atoms with E-state index in [0.29, 0.717) is 23.4 Å². The average Bonchev–Trinajstić information content (AvgIpc) is 2.81. The molecular formula is C25H34BrN3O3S. The summed E-state index contributed by atoms with van der Waals surface area (Å²) in [5, 5.41) is 5.51. The minimum Gasteiger partial charge on any atom is -1.00 e. The van der Waals surface area contributed by atoms with Gasteiger partial charge in [0.1, 0.15) is 6.54 Å². The van der Waals surface area contributed by atoms with Crippen molar-refractivity contribution < 1.29 is 35.9 Å². The van der Waals surface area contributed by atoms with Gasteiger partial charge in [-0.05, 0) is 25.0 Å². The van der Waals surface area contributed by atoms with Gasteiger partial charge in [-0.25, -0.2) is 4.57 Å². The minimum absolute atomic E-state index is 0. The Balaban J connectivity index is 0.00000544. The van der Waals surface area contributed by atoms with Crippen LogP contribution in [0.2, 0.25) is 0 Å². The molecular weight excluding hydrogens is 502 g/mol. The molecule has 0 spiro atoms. The van der Waals surface area contributed by atoms with Gasteiger partial charge < -0.3 is 27.6 Å². The van der Waals surface area contributed by atoms with Gasteiger partial charge in [-0.15, -0.1) is 0 Å². The van der Waals surface area contributed by atoms with Gasteiger partial charge in [-0.1, -0.05) is 56.1 Å². The van der Waals surface area contributed by atoms with E-state index in [4.69, 9.17) is 0 Å². The molecule has 0 bridgehead atoms. The van der Waals surface area contributed by atoms with Crippen LogP contribution in [0, 0.1) is 0 Å². The van der Waals surface area contributed by atoms with Crippen LogP contribution in [0.3, 0.4) is 0 Å². The lowest BCUT2D eigenvalue weighted by atomic mass is 10.2. The maximum atomic E-state index is 12.6. The lowest BCUT2D eigenvalue weighted by molar-refractivity contribution is -0.697. The number of hydrogen-bond acceptors (Lipinski definition) is 4. The fourth-order valence-electron chi connectivity index (χ4n) is 3.16. The molecule has 2 aromatic rings. The first kappa shape index (κ1) is 28.8. The Morgan fingerprint density at radius 3 is 2.39 bits per heavy atom. The minimum atomic E-state index is -0.345. The molecule has 1 aromatic carbocycles. The van der Waals surface area contributed by atoms with Crippen LogP contribution in [-0.2, 0) is 16.1 Å². The van der Waals surface area contributed by atoms with E-state index in [1.807, 2.05) is 30.6 Å². The van der Waals surface area contributed by atoms with Crippen molar-refractivity contribution in [1.29, 1.82) is 0 Å². The molecule has 0 aliphatic carbocycles. The molecule has 8 heteroatoms. The highest BCUT2D eigenvalue weighted by molar-refractivity contribution is 8.13. The summed E-state index contributed by atoms with van der Waals surface area (Å²) < 4.78 is 2.10. The monoisotopic (exact) mass is 535 g/mol. The van der Waals surface area contributed by atoms with E-state index in [1.165, 1.54) is 0 Å². The van der Waals surface area contributed by atoms with Gasteiger partial charge in [0.25, 0.3) is 5.91 Å². The van der Waals surface area contributed by atoms with Gasteiger partial charge >= 0.3 is 0 Å². The SMILES string of the molecule is CCCCCCNC(=O)CNC(=O)c1ccccc1SC(=O)CCCC[n+]1ccccc1.[Br-]. The highest BCUT2D eigenvalue weighted by Crippen LogP contribution is 2.25. The van der Waals surface area contributed by atoms with Crippen LogP contribution in [0.15, 0.2) is 59.8 Å². The number of rotatable bonds is 14. The van der Waals surface area contributed by atoms with Crippen LogP contribution in [0.4, 0.5) is 0 Å². The Hall–Kier alpha value is -2.19. The summed E-state index contributed by atoms with van der Waals surface area (Å²) in [7, 11) is 0. The predicted molar refractivity (Wildman–Crippen MR) is 127 cm³/mol. The lowest BCUT2D eigenvalue weighted by Crippen LogP contribution is -3.00. The van der Waals surface area contributed by atoms with E-state index >= 15 is 0 Å². The number of benzene rings is 1. The summed E-state index contributed by atoms with van der Waals surface area (Å²) in [6, 6.07) is 13.0. The van der Waals surface area contributed by atoms with Crippen molar-refractivity contribution in [3.63, 3.8) is 0 Å². The zero-order chi connectivity index (χ0) is 23.0. The Bertz CT molecular complexity index is 865. The van der Waals surface area contributed by atoms with Gasteiger partial charge in [0.05, 0.1) is 12.1 Å². The number of pyridine rings is 1. The van der Waals surface area contributed by atoms with Crippen LogP contribution in [0.5, 0.6) is 0 Å². The largest absolute Gasteiger partial charge is 1.00 e. The topological polar surface area (TPSA) is 79.2 Å². The summed E-state index contributed by atoms with van der Waals surface area (Å²) >= 11 is 1.09. The normalized spacial score (nSPS) is 10.2. The van der Waals surface area contributed by atoms with Crippen LogP contribution in [0.1, 0.15) is 62.2 Å². The van der Waals surface area contributed by atoms with Crippen molar-refractivity contribution in [2.75, 3.05) is 13.1 Å². The van der Waals surface area contributed by atoms with Crippen molar-refractivity contribution in [2.24, 2.45) is 0 Å². The number of halogens is 1. The van der Waals surface area contributed by atoms with Crippen molar-refractivity contribution in [3.8, 4) is 0 Å². The summed E-state index contributed by atoms with van der Waals surface area (Å²) in [5.41, 5.74) is 0.418. The van der Waals surface area contributed by atoms with E-state index in [0.717, 1.165) is 56.8 Å². The number of carbonyl (C=O) groups is 3. The third-order valence-electron chi connectivity index (χ3n) is 4.94. The van der Waals surface area contributed by atoms with Crippen molar-refractivity contribution in [3.05, 3.63) is 60.4 Å². The Labute approximate surface area is 211 Å². The van der Waals surface area contributed by atoms with Crippen molar-refractivity contribution in [1.82, 2.24) is 10.6 Å². The smallest absolute Gasteiger partial charge is 0.252 e. The van der Waals surface area contributed by atoms with Gasteiger partial charge in [0, 0.05) is 36.4 Å². The lowest BCUT2D eigenvalue weighted by Gasteiger charge is -2.10. The number of amides is 2. The molecule has 2 N–H and O–H groups in total. The van der Waals surface area contributed by atoms with Gasteiger partial charge in [0.15, 0.2) is 17.5 Å². The molecule has 180 valence electrons. The van der Waals surface area contributed by atoms with Crippen molar-refractivity contribution in [2.45, 2.75) is 63.3 Å². The molecule has 0 saturated heterocycles. The first-order chi connectivity index (χ1) is 15.6. The maximum Gasteiger partial charge on any atom is 0.252 e. The Morgan fingerprint density at radius 2 is 1.64 bits per heavy atom. The van der Waals surface area contributed by atoms with Crippen LogP contribution in [0.25, 0.3) is 0 Å². The van der Waals surface area contributed by atoms with E-state index in [9.17, 15) is 14.4 Å². The summed E-state index contributed by atoms with van der Waals surface area (Å²) in [4.78, 5) is 37.5. The molecule has 0 fully saturated rings. The number of carbonyl (C=O) groups excluding carboxylic acids is 3. The zero-order valence-electron chi connectivity index (χ0n) is 19.2. The number of hydrogen-bond donors (Lipinski definition) is 2. The third kappa shape index (κ3) is 12.0. The maximum absolute atomic E-state index is 12.6. The quantitative estimate of drug-likeness (QED) is 0.214. The first-order valence-electron chi connectivity index (χ1n) is 11.4. The summed E-state index contributed by atoms with van der Waals surface area (Å²) in [6.07, 6.45) is 10.5. The Kier molecular flexibility index (Phi) is 15.1. The standard InChI is InChI=1S/C25H33N3O3S.BrH/c1-2-3-4-9-16-26-23(29)20-27-25(31)21-13-6-7-14-22(21)32-24(30)15-8-12-19-28-17-10-5-11-18-28;/h5-7,10-11,13-14,17-18H,2-4,8-9,12,15-16,19-20H2,1H3,(H-,26,27,29,31);1H. The zero-order valence-corrected chi connectivity index (χ0v) is 21.6. The van der Waals surface area contributed by atoms with E-state index in [-0.39, 0.29) is 40.5 Å². The molecule has 2 rings (SSSR count). The summed E-state index contributed by atoms with van der Waals surface area (Å²) in [6.45, 7) is 3.57. The van der Waals surface area contributed by atoms with Gasteiger partial charge in [-0.2, -0.15) is 0 Å². The number of nitrogens with zero attached hydrogens (tertiary/aromatic N) is 1. The average molecular weight is 537 g/mol. The van der Waals surface area contributed by atoms with Gasteiger partial charge in [0.2, 0.25) is 5.91 Å². The van der Waals surface area contributed by atoms with E-state index < -0.39 is 0 Å². The Morgan fingerprint density at radius 1 is 0.879 bits per heavy atom. The van der Waals surface area contributed by atoms with Gasteiger partial charge in [-0.3, -0.25) is 14.4 Å². The number of thioether (sulfide) groups is 1. The van der Waals surface area contributed by atoms with Crippen LogP contribution < -0.4 is 32.2 Å². The van der Waals surface area contributed by atoms with Crippen LogP contribution in [-0.4, -0.2) is 30.0 Å². The first-order valence-corrected chi connectivity index (χ1v) is 12.2. The van der Waals surface area contributed by atoms with Crippen LogP contribution >= 0.6 is 11.8 Å². The molecule has 0 radical (unpaired) electrons. The molecule has 6 nitrogen and oxygen atoms in total. The second kappa shape index (κ2) is 17.3. The highest BCUT2D eigenvalue weighted by atomic mass is 79.9. The third-order valence-corrected chi connectivity index (χ3v) is 5.95. The molecule has 0 atom stereocenters. The molecule has 0 aliphatic heterocycles. The van der Waals surface area contributed by atoms with E-state index in [2.05, 4.69) is 22.1 Å². The highest BCUT2D eigenvalue weighted by Gasteiger charge is 2.15. The molecule has 33 heavy (non-hydrogen) atoms.